The van der Waals surface area contributed by atoms with Crippen molar-refractivity contribution in [2.45, 2.75) is 25.8 Å². The van der Waals surface area contributed by atoms with Crippen molar-refractivity contribution in [3.63, 3.8) is 0 Å². The molecule has 1 aromatic rings. The first kappa shape index (κ1) is 13.4. The van der Waals surface area contributed by atoms with Gasteiger partial charge in [0.05, 0.1) is 0 Å². The lowest BCUT2D eigenvalue weighted by molar-refractivity contribution is 0.166. The van der Waals surface area contributed by atoms with Gasteiger partial charge in [-0.25, -0.2) is 8.78 Å². The van der Waals surface area contributed by atoms with Gasteiger partial charge in [0.1, 0.15) is 11.6 Å². The van der Waals surface area contributed by atoms with Crippen LogP contribution >= 0.6 is 0 Å². The van der Waals surface area contributed by atoms with Crippen molar-refractivity contribution in [2.24, 2.45) is 11.7 Å². The molecule has 1 aromatic carbocycles. The second-order valence-electron chi connectivity index (χ2n) is 5.26. The number of piperidine rings is 1. The zero-order valence-corrected chi connectivity index (χ0v) is 10.7. The third-order valence-electron chi connectivity index (χ3n) is 3.69. The topological polar surface area (TPSA) is 29.3 Å². The molecule has 100 valence electrons. The average molecular weight is 254 g/mol. The lowest BCUT2D eigenvalue weighted by Gasteiger charge is -2.35. The molecule has 1 saturated heterocycles. The minimum atomic E-state index is -0.501. The third-order valence-corrected chi connectivity index (χ3v) is 3.69. The van der Waals surface area contributed by atoms with Gasteiger partial charge in [-0.3, -0.25) is 0 Å². The normalized spacial score (nSPS) is 25.3. The highest BCUT2D eigenvalue weighted by molar-refractivity contribution is 5.18. The SMILES string of the molecule is CC1CN(CCc2cc(F)cc(F)c2)CCC1N. The number of nitrogens with zero attached hydrogens (tertiary/aromatic N) is 1. The molecule has 0 spiro atoms. The van der Waals surface area contributed by atoms with E-state index in [9.17, 15) is 8.78 Å². The van der Waals surface area contributed by atoms with Gasteiger partial charge in [-0.15, -0.1) is 0 Å². The highest BCUT2D eigenvalue weighted by atomic mass is 19.1. The van der Waals surface area contributed by atoms with Crippen LogP contribution < -0.4 is 5.73 Å². The van der Waals surface area contributed by atoms with Crippen LogP contribution in [0.4, 0.5) is 8.78 Å². The summed E-state index contributed by atoms with van der Waals surface area (Å²) < 4.78 is 26.1. The van der Waals surface area contributed by atoms with E-state index in [2.05, 4.69) is 11.8 Å². The van der Waals surface area contributed by atoms with E-state index in [1.54, 1.807) is 0 Å². The number of rotatable bonds is 3. The Bertz CT molecular complexity index is 389. The molecule has 0 radical (unpaired) electrons. The van der Waals surface area contributed by atoms with Crippen molar-refractivity contribution in [3.05, 3.63) is 35.4 Å². The van der Waals surface area contributed by atoms with Crippen molar-refractivity contribution >= 4 is 0 Å². The molecule has 0 amide bonds. The summed E-state index contributed by atoms with van der Waals surface area (Å²) in [6.45, 7) is 4.93. The Morgan fingerprint density at radius 3 is 2.56 bits per heavy atom. The minimum absolute atomic E-state index is 0.285. The molecular formula is C14H20F2N2. The van der Waals surface area contributed by atoms with Crippen LogP contribution in [0.5, 0.6) is 0 Å². The quantitative estimate of drug-likeness (QED) is 0.895. The Morgan fingerprint density at radius 1 is 1.28 bits per heavy atom. The first-order valence-electron chi connectivity index (χ1n) is 6.47. The van der Waals surface area contributed by atoms with Gasteiger partial charge in [-0.2, -0.15) is 0 Å². The fraction of sp³-hybridized carbons (Fsp3) is 0.571. The summed E-state index contributed by atoms with van der Waals surface area (Å²) in [7, 11) is 0. The minimum Gasteiger partial charge on any atom is -0.327 e. The lowest BCUT2D eigenvalue weighted by atomic mass is 9.94. The van der Waals surface area contributed by atoms with Gasteiger partial charge in [0.2, 0.25) is 0 Å². The lowest BCUT2D eigenvalue weighted by Crippen LogP contribution is -2.46. The van der Waals surface area contributed by atoms with Gasteiger partial charge in [0.15, 0.2) is 0 Å². The summed E-state index contributed by atoms with van der Waals surface area (Å²) in [6.07, 6.45) is 1.68. The number of hydrogen-bond acceptors (Lipinski definition) is 2. The third kappa shape index (κ3) is 3.50. The van der Waals surface area contributed by atoms with Gasteiger partial charge < -0.3 is 10.6 Å². The molecule has 1 aliphatic rings. The van der Waals surface area contributed by atoms with Crippen LogP contribution in [-0.4, -0.2) is 30.6 Å². The molecule has 2 nitrogen and oxygen atoms in total. The van der Waals surface area contributed by atoms with Crippen LogP contribution in [0.3, 0.4) is 0 Å². The monoisotopic (exact) mass is 254 g/mol. The van der Waals surface area contributed by atoms with Crippen molar-refractivity contribution in [3.8, 4) is 0 Å². The highest BCUT2D eigenvalue weighted by Crippen LogP contribution is 2.16. The summed E-state index contributed by atoms with van der Waals surface area (Å²) in [4.78, 5) is 2.32. The Hall–Kier alpha value is -1.00. The fourth-order valence-corrected chi connectivity index (χ4v) is 2.50. The largest absolute Gasteiger partial charge is 0.327 e. The zero-order valence-electron chi connectivity index (χ0n) is 10.7. The maximum Gasteiger partial charge on any atom is 0.126 e. The van der Waals surface area contributed by atoms with E-state index < -0.39 is 11.6 Å². The van der Waals surface area contributed by atoms with Gasteiger partial charge in [0, 0.05) is 25.2 Å². The van der Waals surface area contributed by atoms with Crippen LogP contribution in [0.25, 0.3) is 0 Å². The van der Waals surface area contributed by atoms with E-state index in [1.165, 1.54) is 12.1 Å². The van der Waals surface area contributed by atoms with E-state index in [1.807, 2.05) is 0 Å². The highest BCUT2D eigenvalue weighted by Gasteiger charge is 2.22. The van der Waals surface area contributed by atoms with E-state index in [4.69, 9.17) is 5.73 Å². The van der Waals surface area contributed by atoms with Crippen molar-refractivity contribution in [1.82, 2.24) is 4.90 Å². The second kappa shape index (κ2) is 5.76. The van der Waals surface area contributed by atoms with Crippen molar-refractivity contribution in [2.75, 3.05) is 19.6 Å². The molecule has 1 fully saturated rings. The standard InChI is InChI=1S/C14H20F2N2/c1-10-9-18(5-3-14(10)17)4-2-11-6-12(15)8-13(16)7-11/h6-8,10,14H,2-5,9,17H2,1H3. The van der Waals surface area contributed by atoms with E-state index in [0.717, 1.165) is 37.7 Å². The Balaban J connectivity index is 1.88. The predicted molar refractivity (Wildman–Crippen MR) is 68.3 cm³/mol. The van der Waals surface area contributed by atoms with Crippen LogP contribution in [-0.2, 0) is 6.42 Å². The van der Waals surface area contributed by atoms with Crippen LogP contribution in [0, 0.1) is 17.6 Å². The van der Waals surface area contributed by atoms with Crippen molar-refractivity contribution in [1.29, 1.82) is 0 Å². The maximum absolute atomic E-state index is 13.0. The van der Waals surface area contributed by atoms with Gasteiger partial charge in [0.25, 0.3) is 0 Å². The van der Waals surface area contributed by atoms with Gasteiger partial charge in [-0.05, 0) is 43.0 Å². The van der Waals surface area contributed by atoms with Gasteiger partial charge in [-0.1, -0.05) is 6.92 Å². The number of halogens is 2. The molecule has 18 heavy (non-hydrogen) atoms. The number of hydrogen-bond donors (Lipinski definition) is 1. The molecule has 1 heterocycles. The second-order valence-corrected chi connectivity index (χ2v) is 5.26. The average Bonchev–Trinajstić information content (AvgIpc) is 2.29. The smallest absolute Gasteiger partial charge is 0.126 e. The molecule has 2 unspecified atom stereocenters. The van der Waals surface area contributed by atoms with E-state index in [0.29, 0.717) is 12.3 Å². The van der Waals surface area contributed by atoms with E-state index in [-0.39, 0.29) is 6.04 Å². The molecule has 0 aromatic heterocycles. The number of benzene rings is 1. The number of nitrogens with two attached hydrogens (primary N) is 1. The fourth-order valence-electron chi connectivity index (χ4n) is 2.50. The Kier molecular flexibility index (Phi) is 4.30. The van der Waals surface area contributed by atoms with E-state index >= 15 is 0 Å². The number of likely N-dealkylation sites (tertiary alicyclic amines) is 1. The van der Waals surface area contributed by atoms with Crippen molar-refractivity contribution < 1.29 is 8.78 Å². The summed E-state index contributed by atoms with van der Waals surface area (Å²) >= 11 is 0. The predicted octanol–water partition coefficient (Wildman–Crippen LogP) is 2.18. The Labute approximate surface area is 107 Å². The molecule has 0 saturated carbocycles. The molecule has 2 N–H and O–H groups in total. The summed E-state index contributed by atoms with van der Waals surface area (Å²) in [5, 5.41) is 0. The van der Waals surface area contributed by atoms with Crippen LogP contribution in [0.15, 0.2) is 18.2 Å². The molecule has 4 heteroatoms. The molecule has 1 aliphatic heterocycles. The zero-order chi connectivity index (χ0) is 13.1. The summed E-state index contributed by atoms with van der Waals surface area (Å²) in [6, 6.07) is 4.00. The molecule has 0 bridgehead atoms. The van der Waals surface area contributed by atoms with Crippen LogP contribution in [0.1, 0.15) is 18.9 Å². The summed E-state index contributed by atoms with van der Waals surface area (Å²) in [5.74, 6) is -0.513. The van der Waals surface area contributed by atoms with Gasteiger partial charge >= 0.3 is 0 Å². The molecular weight excluding hydrogens is 234 g/mol. The molecule has 0 aliphatic carbocycles. The maximum atomic E-state index is 13.0. The Morgan fingerprint density at radius 2 is 1.94 bits per heavy atom. The first-order chi connectivity index (χ1) is 8.54. The molecule has 2 atom stereocenters. The first-order valence-corrected chi connectivity index (χ1v) is 6.47. The molecule has 2 rings (SSSR count). The van der Waals surface area contributed by atoms with Crippen LogP contribution in [0.2, 0.25) is 0 Å². The summed E-state index contributed by atoms with van der Waals surface area (Å²) in [5.41, 5.74) is 6.68.